The fraction of sp³-hybridized carbons (Fsp3) is 0.571. The van der Waals surface area contributed by atoms with Crippen molar-refractivity contribution >= 4 is 0 Å². The molecule has 0 heterocycles. The third-order valence-electron chi connectivity index (χ3n) is 2.77. The van der Waals surface area contributed by atoms with Crippen molar-refractivity contribution in [3.8, 4) is 0 Å². The predicted molar refractivity (Wildman–Crippen MR) is 70.0 cm³/mol. The lowest BCUT2D eigenvalue weighted by Crippen LogP contribution is -2.28. The highest BCUT2D eigenvalue weighted by Gasteiger charge is 2.08. The first-order valence-electron chi connectivity index (χ1n) is 6.17. The molecule has 0 aliphatic heterocycles. The largest absolute Gasteiger partial charge is 0.392 e. The minimum atomic E-state index is -0.519. The monoisotopic (exact) mass is 237 g/mol. The molecule has 1 rings (SSSR count). The molecule has 1 aromatic rings. The molecule has 0 saturated carbocycles. The van der Waals surface area contributed by atoms with Gasteiger partial charge in [0.2, 0.25) is 0 Å². The summed E-state index contributed by atoms with van der Waals surface area (Å²) in [6.45, 7) is 6.98. The number of hydrogen-bond donors (Lipinski definition) is 3. The van der Waals surface area contributed by atoms with Crippen molar-refractivity contribution in [2.45, 2.75) is 38.9 Å². The van der Waals surface area contributed by atoms with Crippen molar-refractivity contribution in [3.05, 3.63) is 35.4 Å². The molecule has 17 heavy (non-hydrogen) atoms. The van der Waals surface area contributed by atoms with Crippen LogP contribution in [0.2, 0.25) is 0 Å². The second-order valence-electron chi connectivity index (χ2n) is 4.84. The molecule has 0 radical (unpaired) electrons. The van der Waals surface area contributed by atoms with Gasteiger partial charge in [-0.3, -0.25) is 0 Å². The van der Waals surface area contributed by atoms with Gasteiger partial charge in [0.05, 0.1) is 12.2 Å². The molecule has 0 spiro atoms. The zero-order valence-electron chi connectivity index (χ0n) is 10.9. The van der Waals surface area contributed by atoms with Crippen molar-refractivity contribution in [1.82, 2.24) is 5.32 Å². The first-order chi connectivity index (χ1) is 8.00. The molecule has 0 fully saturated rings. The molecule has 1 aromatic carbocycles. The summed E-state index contributed by atoms with van der Waals surface area (Å²) in [5, 5.41) is 22.0. The van der Waals surface area contributed by atoms with Gasteiger partial charge in [-0.2, -0.15) is 0 Å². The number of rotatable bonds is 6. The summed E-state index contributed by atoms with van der Waals surface area (Å²) < 4.78 is 0. The summed E-state index contributed by atoms with van der Waals surface area (Å²) >= 11 is 0. The summed E-state index contributed by atoms with van der Waals surface area (Å²) in [5.74, 6) is 0.509. The maximum atomic E-state index is 9.92. The van der Waals surface area contributed by atoms with E-state index in [1.165, 1.54) is 5.56 Å². The molecule has 96 valence electrons. The van der Waals surface area contributed by atoms with E-state index in [-0.39, 0.29) is 6.10 Å². The Hall–Kier alpha value is -0.900. The number of aliphatic hydroxyl groups is 2. The first kappa shape index (κ1) is 14.2. The van der Waals surface area contributed by atoms with Gasteiger partial charge in [-0.15, -0.1) is 0 Å². The SMILES string of the molecule is CC(O)CNCC(O)c1ccc(C(C)C)cc1. The standard InChI is InChI=1S/C14H23NO2/c1-10(2)12-4-6-13(7-5-12)14(17)9-15-8-11(3)16/h4-7,10-11,14-17H,8-9H2,1-3H3. The molecule has 0 aliphatic rings. The van der Waals surface area contributed by atoms with Crippen LogP contribution in [-0.2, 0) is 0 Å². The minimum absolute atomic E-state index is 0.384. The molecular formula is C14H23NO2. The Morgan fingerprint density at radius 2 is 1.47 bits per heavy atom. The van der Waals surface area contributed by atoms with E-state index in [1.54, 1.807) is 6.92 Å². The quantitative estimate of drug-likeness (QED) is 0.707. The van der Waals surface area contributed by atoms with Crippen LogP contribution >= 0.6 is 0 Å². The Morgan fingerprint density at radius 1 is 0.941 bits per heavy atom. The zero-order chi connectivity index (χ0) is 12.8. The second kappa shape index (κ2) is 6.74. The van der Waals surface area contributed by atoms with Crippen LogP contribution < -0.4 is 5.32 Å². The normalized spacial score (nSPS) is 14.9. The van der Waals surface area contributed by atoms with Crippen LogP contribution in [-0.4, -0.2) is 29.4 Å². The van der Waals surface area contributed by atoms with E-state index in [9.17, 15) is 5.11 Å². The van der Waals surface area contributed by atoms with Gasteiger partial charge < -0.3 is 15.5 Å². The van der Waals surface area contributed by atoms with Crippen LogP contribution in [0.25, 0.3) is 0 Å². The van der Waals surface area contributed by atoms with E-state index in [0.29, 0.717) is 19.0 Å². The summed E-state index contributed by atoms with van der Waals surface area (Å²) in [6, 6.07) is 8.03. The Morgan fingerprint density at radius 3 is 1.94 bits per heavy atom. The summed E-state index contributed by atoms with van der Waals surface area (Å²) in [5.41, 5.74) is 2.19. The molecular weight excluding hydrogens is 214 g/mol. The van der Waals surface area contributed by atoms with Crippen LogP contribution in [0.4, 0.5) is 0 Å². The van der Waals surface area contributed by atoms with Gasteiger partial charge in [0, 0.05) is 13.1 Å². The number of nitrogens with one attached hydrogen (secondary N) is 1. The van der Waals surface area contributed by atoms with Gasteiger partial charge >= 0.3 is 0 Å². The zero-order valence-corrected chi connectivity index (χ0v) is 10.9. The minimum Gasteiger partial charge on any atom is -0.392 e. The molecule has 3 N–H and O–H groups in total. The topological polar surface area (TPSA) is 52.5 Å². The first-order valence-corrected chi connectivity index (χ1v) is 6.17. The number of benzene rings is 1. The van der Waals surface area contributed by atoms with Crippen LogP contribution in [0.15, 0.2) is 24.3 Å². The highest BCUT2D eigenvalue weighted by molar-refractivity contribution is 5.26. The Kier molecular flexibility index (Phi) is 5.62. The smallest absolute Gasteiger partial charge is 0.0914 e. The molecule has 3 nitrogen and oxygen atoms in total. The number of aliphatic hydroxyl groups excluding tert-OH is 2. The fourth-order valence-corrected chi connectivity index (χ4v) is 1.65. The van der Waals surface area contributed by atoms with E-state index >= 15 is 0 Å². The molecule has 2 unspecified atom stereocenters. The Balaban J connectivity index is 2.48. The Labute approximate surface area is 103 Å². The van der Waals surface area contributed by atoms with E-state index in [2.05, 4.69) is 31.3 Å². The maximum absolute atomic E-state index is 9.92. The lowest BCUT2D eigenvalue weighted by molar-refractivity contribution is 0.155. The van der Waals surface area contributed by atoms with Gasteiger partial charge in [-0.25, -0.2) is 0 Å². The van der Waals surface area contributed by atoms with E-state index in [0.717, 1.165) is 5.56 Å². The van der Waals surface area contributed by atoms with E-state index < -0.39 is 6.10 Å². The van der Waals surface area contributed by atoms with E-state index in [4.69, 9.17) is 5.11 Å². The highest BCUT2D eigenvalue weighted by Crippen LogP contribution is 2.18. The molecule has 0 aliphatic carbocycles. The van der Waals surface area contributed by atoms with Gasteiger partial charge in [-0.1, -0.05) is 38.1 Å². The molecule has 0 amide bonds. The third-order valence-corrected chi connectivity index (χ3v) is 2.77. The lowest BCUT2D eigenvalue weighted by Gasteiger charge is -2.14. The van der Waals surface area contributed by atoms with Crippen LogP contribution in [0.5, 0.6) is 0 Å². The third kappa shape index (κ3) is 4.86. The average molecular weight is 237 g/mol. The molecule has 0 aromatic heterocycles. The number of hydrogen-bond acceptors (Lipinski definition) is 3. The summed E-state index contributed by atoms with van der Waals surface area (Å²) in [4.78, 5) is 0. The molecule has 0 saturated heterocycles. The van der Waals surface area contributed by atoms with Crippen molar-refractivity contribution in [3.63, 3.8) is 0 Å². The van der Waals surface area contributed by atoms with Gasteiger partial charge in [0.1, 0.15) is 0 Å². The van der Waals surface area contributed by atoms with Gasteiger partial charge in [-0.05, 0) is 24.0 Å². The molecule has 2 atom stereocenters. The summed E-state index contributed by atoms with van der Waals surface area (Å²) in [6.07, 6.45) is -0.902. The van der Waals surface area contributed by atoms with Crippen LogP contribution in [0, 0.1) is 0 Å². The molecule has 0 bridgehead atoms. The van der Waals surface area contributed by atoms with E-state index in [1.807, 2.05) is 12.1 Å². The molecule has 3 heteroatoms. The van der Waals surface area contributed by atoms with Crippen molar-refractivity contribution in [2.75, 3.05) is 13.1 Å². The van der Waals surface area contributed by atoms with Crippen molar-refractivity contribution < 1.29 is 10.2 Å². The van der Waals surface area contributed by atoms with Crippen molar-refractivity contribution in [2.24, 2.45) is 0 Å². The van der Waals surface area contributed by atoms with Crippen LogP contribution in [0.3, 0.4) is 0 Å². The fourth-order valence-electron chi connectivity index (χ4n) is 1.65. The lowest BCUT2D eigenvalue weighted by atomic mass is 10.00. The van der Waals surface area contributed by atoms with Gasteiger partial charge in [0.25, 0.3) is 0 Å². The Bertz CT molecular complexity index is 319. The highest BCUT2D eigenvalue weighted by atomic mass is 16.3. The predicted octanol–water partition coefficient (Wildman–Crippen LogP) is 1.81. The maximum Gasteiger partial charge on any atom is 0.0914 e. The van der Waals surface area contributed by atoms with Crippen molar-refractivity contribution in [1.29, 1.82) is 0 Å². The average Bonchev–Trinajstić information content (AvgIpc) is 2.28. The second-order valence-corrected chi connectivity index (χ2v) is 4.84. The van der Waals surface area contributed by atoms with Gasteiger partial charge in [0.15, 0.2) is 0 Å². The van der Waals surface area contributed by atoms with Crippen LogP contribution in [0.1, 0.15) is 43.9 Å². The summed E-state index contributed by atoms with van der Waals surface area (Å²) in [7, 11) is 0.